The average molecular weight is 176 g/mol. The van der Waals surface area contributed by atoms with Gasteiger partial charge in [0.05, 0.1) is 0 Å². The van der Waals surface area contributed by atoms with Crippen LogP contribution < -0.4 is 0 Å². The molecule has 0 spiro atoms. The van der Waals surface area contributed by atoms with E-state index in [4.69, 9.17) is 4.74 Å². The number of H-pyrrole nitrogens is 1. The Morgan fingerprint density at radius 3 is 3.15 bits per heavy atom. The lowest BCUT2D eigenvalue weighted by molar-refractivity contribution is 0.238. The fourth-order valence-electron chi connectivity index (χ4n) is 0.858. The van der Waals surface area contributed by atoms with Crippen LogP contribution in [0.3, 0.4) is 0 Å². The van der Waals surface area contributed by atoms with Crippen LogP contribution in [-0.4, -0.2) is 16.6 Å². The van der Waals surface area contributed by atoms with Crippen molar-refractivity contribution in [2.24, 2.45) is 10.2 Å². The minimum Gasteiger partial charge on any atom is -0.472 e. The highest BCUT2D eigenvalue weighted by molar-refractivity contribution is 5.14. The smallest absolute Gasteiger partial charge is 0.246 e. The zero-order valence-corrected chi connectivity index (χ0v) is 6.84. The van der Waals surface area contributed by atoms with Gasteiger partial charge in [-0.1, -0.05) is 6.08 Å². The second kappa shape index (κ2) is 3.66. The van der Waals surface area contributed by atoms with Crippen molar-refractivity contribution < 1.29 is 4.74 Å². The molecule has 66 valence electrons. The number of hydrogen-bond donors (Lipinski definition) is 1. The van der Waals surface area contributed by atoms with E-state index in [1.54, 1.807) is 18.5 Å². The molecular weight excluding hydrogens is 168 g/mol. The van der Waals surface area contributed by atoms with E-state index in [0.29, 0.717) is 18.4 Å². The molecule has 0 fully saturated rings. The summed E-state index contributed by atoms with van der Waals surface area (Å²) in [4.78, 5) is 6.69. The summed E-state index contributed by atoms with van der Waals surface area (Å²) in [7, 11) is 0. The van der Waals surface area contributed by atoms with E-state index in [-0.39, 0.29) is 0 Å². The normalized spacial score (nSPS) is 15.8. The topological polar surface area (TPSA) is 62.6 Å². The second-order valence-electron chi connectivity index (χ2n) is 2.36. The van der Waals surface area contributed by atoms with Crippen molar-refractivity contribution in [1.82, 2.24) is 9.97 Å². The minimum absolute atomic E-state index is 0.471. The fraction of sp³-hybridized carbons (Fsp3) is 0.125. The maximum absolute atomic E-state index is 5.15. The van der Waals surface area contributed by atoms with Crippen molar-refractivity contribution in [2.75, 3.05) is 6.61 Å². The standard InChI is InChI=1S/C8H8N4O/c1-2-6-13-7(3-1)11-12-8-9-4-5-10-8/h1-5H,6H2,(H,9,10). The van der Waals surface area contributed by atoms with Crippen LogP contribution in [0.15, 0.2) is 46.7 Å². The van der Waals surface area contributed by atoms with Gasteiger partial charge in [0.1, 0.15) is 6.61 Å². The Labute approximate surface area is 74.9 Å². The number of nitrogens with zero attached hydrogens (tertiary/aromatic N) is 3. The molecule has 0 atom stereocenters. The molecule has 13 heavy (non-hydrogen) atoms. The lowest BCUT2D eigenvalue weighted by atomic mass is 10.4. The van der Waals surface area contributed by atoms with Gasteiger partial charge in [-0.25, -0.2) is 4.98 Å². The highest BCUT2D eigenvalue weighted by Gasteiger charge is 1.97. The minimum atomic E-state index is 0.471. The van der Waals surface area contributed by atoms with Gasteiger partial charge in [-0.3, -0.25) is 0 Å². The van der Waals surface area contributed by atoms with Crippen molar-refractivity contribution in [3.8, 4) is 0 Å². The van der Waals surface area contributed by atoms with E-state index in [0.717, 1.165) is 0 Å². The lowest BCUT2D eigenvalue weighted by Crippen LogP contribution is -1.92. The Kier molecular flexibility index (Phi) is 2.18. The second-order valence-corrected chi connectivity index (χ2v) is 2.36. The first-order valence-electron chi connectivity index (χ1n) is 3.86. The lowest BCUT2D eigenvalue weighted by Gasteiger charge is -2.03. The van der Waals surface area contributed by atoms with Gasteiger partial charge in [-0.2, -0.15) is 0 Å². The van der Waals surface area contributed by atoms with Crippen molar-refractivity contribution in [3.63, 3.8) is 0 Å². The van der Waals surface area contributed by atoms with Gasteiger partial charge in [-0.15, -0.1) is 10.2 Å². The molecule has 2 rings (SSSR count). The quantitative estimate of drug-likeness (QED) is 0.699. The number of imidazole rings is 1. The van der Waals surface area contributed by atoms with Crippen molar-refractivity contribution in [1.29, 1.82) is 0 Å². The number of nitrogens with one attached hydrogen (secondary N) is 1. The van der Waals surface area contributed by atoms with Gasteiger partial charge in [0.25, 0.3) is 0 Å². The molecule has 2 heterocycles. The van der Waals surface area contributed by atoms with Crippen LogP contribution in [0.4, 0.5) is 5.95 Å². The summed E-state index contributed by atoms with van der Waals surface area (Å²) in [5.41, 5.74) is 0. The van der Waals surface area contributed by atoms with Crippen LogP contribution in [0, 0.1) is 0 Å². The van der Waals surface area contributed by atoms with Gasteiger partial charge in [0.2, 0.25) is 11.8 Å². The van der Waals surface area contributed by atoms with Gasteiger partial charge >= 0.3 is 0 Å². The number of aromatic amines is 1. The average Bonchev–Trinajstić information content (AvgIpc) is 2.69. The van der Waals surface area contributed by atoms with E-state index in [2.05, 4.69) is 20.2 Å². The van der Waals surface area contributed by atoms with Crippen molar-refractivity contribution >= 4 is 5.95 Å². The summed E-state index contributed by atoms with van der Waals surface area (Å²) in [6, 6.07) is 0. The largest absolute Gasteiger partial charge is 0.472 e. The van der Waals surface area contributed by atoms with E-state index in [1.165, 1.54) is 0 Å². The van der Waals surface area contributed by atoms with Gasteiger partial charge in [0, 0.05) is 18.5 Å². The predicted molar refractivity (Wildman–Crippen MR) is 46.3 cm³/mol. The van der Waals surface area contributed by atoms with Crippen molar-refractivity contribution in [3.05, 3.63) is 36.5 Å². The molecule has 1 aliphatic rings. The van der Waals surface area contributed by atoms with Crippen LogP contribution in [0.1, 0.15) is 0 Å². The third-order valence-corrected chi connectivity index (χ3v) is 1.43. The Morgan fingerprint density at radius 2 is 2.46 bits per heavy atom. The number of rotatable bonds is 2. The van der Waals surface area contributed by atoms with E-state index in [9.17, 15) is 0 Å². The molecule has 1 aromatic rings. The van der Waals surface area contributed by atoms with Crippen LogP contribution in [0.5, 0.6) is 0 Å². The third kappa shape index (κ3) is 2.02. The highest BCUT2D eigenvalue weighted by Crippen LogP contribution is 2.09. The first-order valence-corrected chi connectivity index (χ1v) is 3.86. The summed E-state index contributed by atoms with van der Waals surface area (Å²) in [6.45, 7) is 0.545. The van der Waals surface area contributed by atoms with E-state index in [1.807, 2.05) is 12.2 Å². The predicted octanol–water partition coefficient (Wildman–Crippen LogP) is 1.92. The summed E-state index contributed by atoms with van der Waals surface area (Å²) >= 11 is 0. The molecule has 1 aliphatic heterocycles. The first kappa shape index (κ1) is 7.72. The van der Waals surface area contributed by atoms with Gasteiger partial charge in [0.15, 0.2) is 0 Å². The molecule has 0 radical (unpaired) electrons. The molecule has 5 heteroatoms. The molecule has 0 aliphatic carbocycles. The monoisotopic (exact) mass is 176 g/mol. The Hall–Kier alpha value is -1.91. The summed E-state index contributed by atoms with van der Waals surface area (Å²) in [5.74, 6) is 0.970. The number of ether oxygens (including phenoxy) is 1. The first-order chi connectivity index (χ1) is 6.45. The van der Waals surface area contributed by atoms with Crippen molar-refractivity contribution in [2.45, 2.75) is 0 Å². The summed E-state index contributed by atoms with van der Waals surface area (Å²) in [5, 5.41) is 7.67. The fourth-order valence-corrected chi connectivity index (χ4v) is 0.858. The number of aromatic nitrogens is 2. The summed E-state index contributed by atoms with van der Waals surface area (Å²) < 4.78 is 5.15. The molecule has 0 unspecified atom stereocenters. The SMILES string of the molecule is C1=CCOC(N=Nc2ncc[nH]2)=C1. The molecule has 0 saturated carbocycles. The molecular formula is C8H8N4O. The Bertz CT molecular complexity index is 350. The maximum atomic E-state index is 5.15. The van der Waals surface area contributed by atoms with Gasteiger partial charge in [-0.05, 0) is 6.08 Å². The molecule has 0 aromatic carbocycles. The molecule has 0 saturated heterocycles. The molecule has 0 bridgehead atoms. The third-order valence-electron chi connectivity index (χ3n) is 1.43. The zero-order chi connectivity index (χ0) is 8.93. The summed E-state index contributed by atoms with van der Waals surface area (Å²) in [6.07, 6.45) is 8.82. The Balaban J connectivity index is 2.05. The van der Waals surface area contributed by atoms with Crippen LogP contribution in [-0.2, 0) is 4.74 Å². The molecule has 1 aromatic heterocycles. The molecule has 5 nitrogen and oxygen atoms in total. The van der Waals surface area contributed by atoms with E-state index >= 15 is 0 Å². The molecule has 1 N–H and O–H groups in total. The number of azo groups is 1. The number of hydrogen-bond acceptors (Lipinski definition) is 4. The van der Waals surface area contributed by atoms with Crippen LogP contribution >= 0.6 is 0 Å². The molecule has 0 amide bonds. The van der Waals surface area contributed by atoms with E-state index < -0.39 is 0 Å². The van der Waals surface area contributed by atoms with Gasteiger partial charge < -0.3 is 9.72 Å². The maximum Gasteiger partial charge on any atom is 0.246 e. The van der Waals surface area contributed by atoms with Crippen LogP contribution in [0.25, 0.3) is 0 Å². The zero-order valence-electron chi connectivity index (χ0n) is 6.84. The highest BCUT2D eigenvalue weighted by atomic mass is 16.5. The number of allylic oxidation sites excluding steroid dienone is 2. The van der Waals surface area contributed by atoms with Crippen LogP contribution in [0.2, 0.25) is 0 Å². The Morgan fingerprint density at radius 1 is 1.46 bits per heavy atom.